The van der Waals surface area contributed by atoms with E-state index in [2.05, 4.69) is 207 Å². The second-order valence-corrected chi connectivity index (χ2v) is 16.2. The Hall–Kier alpha value is -6.58. The van der Waals surface area contributed by atoms with Crippen LogP contribution in [0, 0.1) is 0 Å². The number of hydrogen-bond donors (Lipinski definition) is 0. The minimum Gasteiger partial charge on any atom is -0.453 e. The maximum Gasteiger partial charge on any atom is 0.153 e. The molecule has 3 nitrogen and oxygen atoms in total. The van der Waals surface area contributed by atoms with Gasteiger partial charge in [-0.05, 0) is 92.4 Å². The lowest BCUT2D eigenvalue weighted by Crippen LogP contribution is -2.33. The third-order valence-electron chi connectivity index (χ3n) is 12.4. The Balaban J connectivity index is 1.12. The van der Waals surface area contributed by atoms with Crippen molar-refractivity contribution in [2.24, 2.45) is 0 Å². The van der Waals surface area contributed by atoms with Crippen molar-refractivity contribution in [2.45, 2.75) is 38.5 Å². The fourth-order valence-corrected chi connectivity index (χ4v) is 9.76. The van der Waals surface area contributed by atoms with E-state index in [0.717, 1.165) is 39.9 Å². The van der Waals surface area contributed by atoms with Crippen LogP contribution in [-0.2, 0) is 10.8 Å². The van der Waals surface area contributed by atoms with Gasteiger partial charge in [0.15, 0.2) is 11.5 Å². The molecule has 0 unspecified atom stereocenters. The Morgan fingerprint density at radius 3 is 2.02 bits per heavy atom. The molecular formula is C52H40N2O. The van der Waals surface area contributed by atoms with E-state index in [1.807, 2.05) is 0 Å². The van der Waals surface area contributed by atoms with E-state index in [1.54, 1.807) is 0 Å². The number of anilines is 6. The van der Waals surface area contributed by atoms with Gasteiger partial charge in [-0.15, -0.1) is 0 Å². The molecule has 8 aromatic rings. The van der Waals surface area contributed by atoms with Gasteiger partial charge in [-0.2, -0.15) is 0 Å². The smallest absolute Gasteiger partial charge is 0.153 e. The first-order chi connectivity index (χ1) is 26.8. The van der Waals surface area contributed by atoms with Gasteiger partial charge >= 0.3 is 0 Å². The molecule has 0 spiro atoms. The molecule has 0 fully saturated rings. The number of fused-ring (bicyclic) bond motifs is 8. The number of rotatable bonds is 4. The highest BCUT2D eigenvalue weighted by Gasteiger charge is 2.43. The highest BCUT2D eigenvalue weighted by molar-refractivity contribution is 6.01. The van der Waals surface area contributed by atoms with E-state index in [0.29, 0.717) is 0 Å². The Bertz CT molecular complexity index is 2860. The molecule has 2 heterocycles. The van der Waals surface area contributed by atoms with Crippen molar-refractivity contribution in [1.29, 1.82) is 0 Å². The molecule has 0 saturated heterocycles. The largest absolute Gasteiger partial charge is 0.453 e. The molecule has 3 heteroatoms. The van der Waals surface area contributed by atoms with Crippen LogP contribution in [0.15, 0.2) is 170 Å². The molecule has 3 aliphatic rings. The SMILES string of the molecule is CC1(C)c2ccccc2-c2ccc(N(c3ccc4c(c3)Oc3ccc(-c5ccccc5)c5c3N4c3ccccc3C5(C)C)c3cccc4ccccc34)cc21. The van der Waals surface area contributed by atoms with E-state index in [-0.39, 0.29) is 10.8 Å². The van der Waals surface area contributed by atoms with Crippen LogP contribution >= 0.6 is 0 Å². The van der Waals surface area contributed by atoms with E-state index < -0.39 is 0 Å². The molecule has 0 N–H and O–H groups in total. The summed E-state index contributed by atoms with van der Waals surface area (Å²) >= 11 is 0. The minimum absolute atomic E-state index is 0.124. The lowest BCUT2D eigenvalue weighted by atomic mass is 9.70. The van der Waals surface area contributed by atoms with Crippen LogP contribution in [0.2, 0.25) is 0 Å². The molecule has 11 rings (SSSR count). The quantitative estimate of drug-likeness (QED) is 0.181. The molecule has 0 aromatic heterocycles. The number of hydrogen-bond acceptors (Lipinski definition) is 3. The van der Waals surface area contributed by atoms with Gasteiger partial charge in [0.1, 0.15) is 0 Å². The summed E-state index contributed by atoms with van der Waals surface area (Å²) in [5.74, 6) is 1.70. The molecular weight excluding hydrogens is 669 g/mol. The zero-order valence-corrected chi connectivity index (χ0v) is 31.5. The normalized spacial score (nSPS) is 14.9. The van der Waals surface area contributed by atoms with Gasteiger partial charge in [0.2, 0.25) is 0 Å². The van der Waals surface area contributed by atoms with Crippen molar-refractivity contribution in [2.75, 3.05) is 9.80 Å². The molecule has 0 atom stereocenters. The summed E-state index contributed by atoms with van der Waals surface area (Å²) in [7, 11) is 0. The topological polar surface area (TPSA) is 15.7 Å². The fraction of sp³-hybridized carbons (Fsp3) is 0.115. The van der Waals surface area contributed by atoms with Crippen molar-refractivity contribution in [3.8, 4) is 33.8 Å². The lowest BCUT2D eigenvalue weighted by Gasteiger charge is -2.46. The van der Waals surface area contributed by atoms with Crippen LogP contribution in [0.4, 0.5) is 34.1 Å². The molecule has 55 heavy (non-hydrogen) atoms. The molecule has 0 saturated carbocycles. The lowest BCUT2D eigenvalue weighted by molar-refractivity contribution is 0.471. The van der Waals surface area contributed by atoms with E-state index in [9.17, 15) is 0 Å². The van der Waals surface area contributed by atoms with Gasteiger partial charge in [-0.1, -0.05) is 149 Å². The predicted molar refractivity (Wildman–Crippen MR) is 229 cm³/mol. The van der Waals surface area contributed by atoms with Crippen molar-refractivity contribution < 1.29 is 4.74 Å². The summed E-state index contributed by atoms with van der Waals surface area (Å²) in [5, 5.41) is 2.40. The summed E-state index contributed by atoms with van der Waals surface area (Å²) < 4.78 is 7.05. The van der Waals surface area contributed by atoms with Crippen molar-refractivity contribution in [1.82, 2.24) is 0 Å². The van der Waals surface area contributed by atoms with Gasteiger partial charge in [0.25, 0.3) is 0 Å². The number of ether oxygens (including phenoxy) is 1. The molecule has 0 bridgehead atoms. The average molecular weight is 709 g/mol. The van der Waals surface area contributed by atoms with Crippen LogP contribution in [0.1, 0.15) is 49.9 Å². The zero-order valence-electron chi connectivity index (χ0n) is 31.5. The molecule has 2 aliphatic heterocycles. The van der Waals surface area contributed by atoms with Gasteiger partial charge in [-0.3, -0.25) is 0 Å². The average Bonchev–Trinajstić information content (AvgIpc) is 3.45. The zero-order chi connectivity index (χ0) is 37.1. The maximum absolute atomic E-state index is 7.05. The van der Waals surface area contributed by atoms with Crippen molar-refractivity contribution in [3.05, 3.63) is 192 Å². The fourth-order valence-electron chi connectivity index (χ4n) is 9.76. The van der Waals surface area contributed by atoms with Crippen LogP contribution in [0.3, 0.4) is 0 Å². The Morgan fingerprint density at radius 1 is 0.473 bits per heavy atom. The Morgan fingerprint density at radius 2 is 1.15 bits per heavy atom. The Labute approximate surface area is 322 Å². The van der Waals surface area contributed by atoms with Gasteiger partial charge in [0.05, 0.1) is 28.4 Å². The summed E-state index contributed by atoms with van der Waals surface area (Å²) in [5.41, 5.74) is 16.6. The van der Waals surface area contributed by atoms with Gasteiger partial charge in [-0.25, -0.2) is 0 Å². The van der Waals surface area contributed by atoms with Crippen molar-refractivity contribution in [3.63, 3.8) is 0 Å². The molecule has 0 radical (unpaired) electrons. The standard InChI is InChI=1S/C52H40N2O/c1-51(2)41-21-11-10-20-39(41)40-27-25-35(31-43(40)51)53(44-24-14-18-33-17-8-9-19-37(33)44)36-26-29-46-48(32-36)55-47-30-28-38(34-15-6-5-7-16-34)49-50(47)54(46)45-23-13-12-22-42(45)52(49,3)4/h5-32H,1-4H3. The predicted octanol–water partition coefficient (Wildman–Crippen LogP) is 14.5. The number of benzene rings is 8. The minimum atomic E-state index is -0.253. The first-order valence-corrected chi connectivity index (χ1v) is 19.3. The second-order valence-electron chi connectivity index (χ2n) is 16.2. The van der Waals surface area contributed by atoms with Crippen LogP contribution in [-0.4, -0.2) is 0 Å². The summed E-state index contributed by atoms with van der Waals surface area (Å²) in [6.07, 6.45) is 0. The van der Waals surface area contributed by atoms with Gasteiger partial charge < -0.3 is 14.5 Å². The van der Waals surface area contributed by atoms with Crippen LogP contribution < -0.4 is 14.5 Å². The molecule has 264 valence electrons. The maximum atomic E-state index is 7.05. The van der Waals surface area contributed by atoms with Crippen LogP contribution in [0.25, 0.3) is 33.0 Å². The summed E-state index contributed by atoms with van der Waals surface area (Å²) in [4.78, 5) is 4.86. The molecule has 8 aromatic carbocycles. The number of nitrogens with zero attached hydrogens (tertiary/aromatic N) is 2. The highest BCUT2D eigenvalue weighted by Crippen LogP contribution is 2.62. The van der Waals surface area contributed by atoms with Crippen molar-refractivity contribution >= 4 is 44.9 Å². The first-order valence-electron chi connectivity index (χ1n) is 19.3. The first kappa shape index (κ1) is 31.9. The highest BCUT2D eigenvalue weighted by atomic mass is 16.5. The third-order valence-corrected chi connectivity index (χ3v) is 12.4. The number of para-hydroxylation sites is 1. The van der Waals surface area contributed by atoms with E-state index >= 15 is 0 Å². The summed E-state index contributed by atoms with van der Waals surface area (Å²) in [6.45, 7) is 9.40. The Kier molecular flexibility index (Phi) is 6.65. The van der Waals surface area contributed by atoms with E-state index in [1.165, 1.54) is 61.0 Å². The monoisotopic (exact) mass is 708 g/mol. The second kappa shape index (κ2) is 11.5. The molecule has 1 aliphatic carbocycles. The summed E-state index contributed by atoms with van der Waals surface area (Å²) in [6, 6.07) is 62.0. The van der Waals surface area contributed by atoms with Crippen LogP contribution in [0.5, 0.6) is 11.5 Å². The molecule has 0 amide bonds. The van der Waals surface area contributed by atoms with E-state index in [4.69, 9.17) is 4.74 Å². The third kappa shape index (κ3) is 4.50. The van der Waals surface area contributed by atoms with Gasteiger partial charge in [0, 0.05) is 28.0 Å².